The Hall–Kier alpha value is -5.28. The molecule has 1 fully saturated rings. The van der Waals surface area contributed by atoms with Crippen molar-refractivity contribution in [2.75, 3.05) is 46.1 Å². The number of likely N-dealkylation sites (tertiary alicyclic amines) is 1. The first-order valence-electron chi connectivity index (χ1n) is 23.0. The molecule has 5 aromatic rings. The number of β-amino-alcohol motifs (C(OH)–C–C–N with tert-alkyl or cyclic N) is 1. The highest BCUT2D eigenvalue weighted by molar-refractivity contribution is 7.13. The zero-order valence-electron chi connectivity index (χ0n) is 39.0. The zero-order chi connectivity index (χ0) is 47.2. The first-order chi connectivity index (χ1) is 31.7. The van der Waals surface area contributed by atoms with Crippen LogP contribution in [0.25, 0.3) is 27.4 Å². The number of fused-ring (bicyclic) bond motifs is 1. The van der Waals surface area contributed by atoms with E-state index in [-0.39, 0.29) is 62.2 Å². The van der Waals surface area contributed by atoms with Crippen LogP contribution >= 0.6 is 11.3 Å². The maximum atomic E-state index is 14.2. The topological polar surface area (TPSA) is 162 Å². The monoisotopic (exact) mass is 918 g/mol. The number of aliphatic hydroxyl groups excluding tert-OH is 1. The van der Waals surface area contributed by atoms with E-state index >= 15 is 0 Å². The summed E-state index contributed by atoms with van der Waals surface area (Å²) < 4.78 is 11.8. The molecule has 0 unspecified atom stereocenters. The number of hydrogen-bond donors (Lipinski definition) is 4. The molecular formula is C53H66N4O8S. The molecule has 0 saturated carbocycles. The Bertz CT molecular complexity index is 2400. The van der Waals surface area contributed by atoms with Gasteiger partial charge >= 0.3 is 0 Å². The van der Waals surface area contributed by atoms with Crippen LogP contribution in [-0.4, -0.2) is 107 Å². The minimum absolute atomic E-state index is 0.0246. The highest BCUT2D eigenvalue weighted by Gasteiger charge is 2.44. The van der Waals surface area contributed by atoms with Crippen molar-refractivity contribution in [2.45, 2.75) is 91.3 Å². The summed E-state index contributed by atoms with van der Waals surface area (Å²) in [6, 6.07) is 25.9. The maximum Gasteiger partial charge on any atom is 0.267 e. The van der Waals surface area contributed by atoms with E-state index in [4.69, 9.17) is 14.7 Å². The van der Waals surface area contributed by atoms with Gasteiger partial charge in [-0.15, -0.1) is 11.3 Å². The number of thiophene rings is 1. The summed E-state index contributed by atoms with van der Waals surface area (Å²) in [6.07, 6.45) is 5.64. The third kappa shape index (κ3) is 14.1. The second-order valence-electron chi connectivity index (χ2n) is 18.6. The van der Waals surface area contributed by atoms with Crippen molar-refractivity contribution >= 4 is 51.7 Å². The number of ketones is 2. The molecule has 1 aliphatic heterocycles. The predicted molar refractivity (Wildman–Crippen MR) is 260 cm³/mol. The van der Waals surface area contributed by atoms with Gasteiger partial charge in [-0.25, -0.2) is 5.48 Å². The van der Waals surface area contributed by atoms with Gasteiger partial charge in [-0.3, -0.25) is 29.3 Å². The number of rotatable bonds is 24. The van der Waals surface area contributed by atoms with Gasteiger partial charge in [0.25, 0.3) is 5.91 Å². The van der Waals surface area contributed by atoms with E-state index in [0.29, 0.717) is 32.9 Å². The quantitative estimate of drug-likeness (QED) is 0.0206. The molecule has 2 aromatic heterocycles. The number of carbonyl (C=O) groups excluding carboxylic acids is 4. The van der Waals surface area contributed by atoms with Crippen LogP contribution in [0.15, 0.2) is 96.5 Å². The van der Waals surface area contributed by atoms with E-state index in [2.05, 4.69) is 70.8 Å². The molecule has 1 aliphatic rings. The lowest BCUT2D eigenvalue weighted by atomic mass is 9.76. The normalized spacial score (nSPS) is 16.3. The minimum atomic E-state index is -0.802. The van der Waals surface area contributed by atoms with E-state index in [0.717, 1.165) is 40.7 Å². The third-order valence-corrected chi connectivity index (χ3v) is 13.6. The number of carbonyl (C=O) groups is 4. The van der Waals surface area contributed by atoms with Crippen LogP contribution in [0.4, 0.5) is 0 Å². The number of aromatic nitrogens is 1. The van der Waals surface area contributed by atoms with Gasteiger partial charge in [0.2, 0.25) is 5.91 Å². The Balaban J connectivity index is 0.943. The molecular weight excluding hydrogens is 853 g/mol. The fraction of sp³-hybridized carbons (Fsp3) is 0.434. The molecule has 4 N–H and O–H groups in total. The fourth-order valence-corrected chi connectivity index (χ4v) is 9.57. The number of amides is 2. The molecule has 2 amide bonds. The number of para-hydroxylation sites is 1. The van der Waals surface area contributed by atoms with Crippen molar-refractivity contribution in [2.24, 2.45) is 11.3 Å². The predicted octanol–water partition coefficient (Wildman–Crippen LogP) is 8.54. The van der Waals surface area contributed by atoms with Crippen molar-refractivity contribution in [3.63, 3.8) is 0 Å². The molecule has 0 aliphatic carbocycles. The summed E-state index contributed by atoms with van der Waals surface area (Å²) in [7, 11) is 0. The van der Waals surface area contributed by atoms with Gasteiger partial charge in [-0.2, -0.15) is 0 Å². The molecule has 0 radical (unpaired) electrons. The zero-order valence-corrected chi connectivity index (χ0v) is 39.8. The van der Waals surface area contributed by atoms with E-state index < -0.39 is 29.4 Å². The van der Waals surface area contributed by atoms with Gasteiger partial charge < -0.3 is 24.5 Å². The highest BCUT2D eigenvalue weighted by atomic mass is 32.1. The van der Waals surface area contributed by atoms with E-state index in [1.54, 1.807) is 22.9 Å². The Morgan fingerprint density at radius 2 is 1.67 bits per heavy atom. The number of nitrogens with one attached hydrogen (secondary N) is 2. The van der Waals surface area contributed by atoms with Gasteiger partial charge in [-0.1, -0.05) is 94.4 Å². The molecule has 66 heavy (non-hydrogen) atoms. The van der Waals surface area contributed by atoms with Crippen LogP contribution < -0.4 is 5.48 Å². The number of H-pyrrole nitrogens is 1. The summed E-state index contributed by atoms with van der Waals surface area (Å²) in [5.41, 5.74) is 8.78. The lowest BCUT2D eigenvalue weighted by molar-refractivity contribution is -0.146. The molecule has 13 heteroatoms. The Morgan fingerprint density at radius 1 is 0.939 bits per heavy atom. The Kier molecular flexibility index (Phi) is 18.2. The van der Waals surface area contributed by atoms with Crippen molar-refractivity contribution in [1.82, 2.24) is 20.3 Å². The number of benzene rings is 3. The van der Waals surface area contributed by atoms with Crippen LogP contribution in [0.1, 0.15) is 87.1 Å². The van der Waals surface area contributed by atoms with Crippen molar-refractivity contribution in [1.29, 1.82) is 0 Å². The minimum Gasteiger partial charge on any atom is -0.391 e. The van der Waals surface area contributed by atoms with Crippen LogP contribution in [0.5, 0.6) is 0 Å². The van der Waals surface area contributed by atoms with Gasteiger partial charge in [0.1, 0.15) is 5.78 Å². The molecule has 3 aromatic carbocycles. The molecule has 6 rings (SSSR count). The van der Waals surface area contributed by atoms with Crippen molar-refractivity contribution < 1.29 is 39.0 Å². The van der Waals surface area contributed by atoms with Crippen LogP contribution in [0.3, 0.4) is 0 Å². The molecule has 3 heterocycles. The molecule has 0 spiro atoms. The maximum absolute atomic E-state index is 14.2. The van der Waals surface area contributed by atoms with Gasteiger partial charge in [0, 0.05) is 85.8 Å². The Labute approximate surface area is 393 Å². The van der Waals surface area contributed by atoms with Crippen LogP contribution in [0, 0.1) is 18.3 Å². The molecule has 352 valence electrons. The third-order valence-electron chi connectivity index (χ3n) is 12.6. The summed E-state index contributed by atoms with van der Waals surface area (Å²) >= 11 is 1.71. The standard InChI is InChI=1S/C53H66N4O8S/c1-36-22-29-66-51(36)41-17-15-40(16-18-41)37(2)30-49(60)48-32-44(59)35-57(48)52(62)46(53(3,4)5)31-43(58)21-25-64-27-28-65-26-24-56(23-20-42-33-54-47-9-7-6-8-45(42)47)34-39-12-10-38(11-13-39)14-19-50(61)55-63/h6-19,22,29,33,37,44,46,48,54,59,63H,20-21,23-28,30-32,34-35H2,1-5H3,(H,55,61)/b19-14+/t37-,44-,46-,48-/m1/s1. The van der Waals surface area contributed by atoms with E-state index in [1.165, 1.54) is 32.4 Å². The van der Waals surface area contributed by atoms with Crippen LogP contribution in [-0.2, 0) is 41.6 Å². The molecule has 12 nitrogen and oxygen atoms in total. The molecule has 0 bridgehead atoms. The first kappa shape index (κ1) is 50.1. The molecule has 1 saturated heterocycles. The molecule has 4 atom stereocenters. The number of hydroxylamine groups is 1. The fourth-order valence-electron chi connectivity index (χ4n) is 8.63. The summed E-state index contributed by atoms with van der Waals surface area (Å²) in [5.74, 6) is -1.75. The van der Waals surface area contributed by atoms with Crippen LogP contribution in [0.2, 0.25) is 0 Å². The number of hydrogen-bond acceptors (Lipinski definition) is 10. The van der Waals surface area contributed by atoms with Gasteiger partial charge in [0.05, 0.1) is 38.6 Å². The second-order valence-corrected chi connectivity index (χ2v) is 19.5. The lowest BCUT2D eigenvalue weighted by Gasteiger charge is -2.35. The van der Waals surface area contributed by atoms with Gasteiger partial charge in [-0.05, 0) is 81.6 Å². The van der Waals surface area contributed by atoms with Crippen molar-refractivity contribution in [3.8, 4) is 10.4 Å². The average molecular weight is 919 g/mol. The SMILES string of the molecule is Cc1ccsc1-c1ccc([C@H](C)CC(=O)[C@H]2C[C@@H](O)CN2C(=O)[C@@H](CC(=O)CCOCCOCCN(CCc2c[nH]c3ccccc23)Cc2ccc(/C=C/C(=O)NO)cc2)C(C)(C)C)cc1. The smallest absolute Gasteiger partial charge is 0.267 e. The number of Topliss-reactive ketones (excluding diaryl/α,β-unsaturated/α-hetero) is 2. The number of nitrogens with zero attached hydrogens (tertiary/aromatic N) is 2. The second kappa shape index (κ2) is 24.0. The summed E-state index contributed by atoms with van der Waals surface area (Å²) in [4.78, 5) is 61.2. The summed E-state index contributed by atoms with van der Waals surface area (Å²) in [6.45, 7) is 13.6. The Morgan fingerprint density at radius 3 is 2.36 bits per heavy atom. The summed E-state index contributed by atoms with van der Waals surface area (Å²) in [5, 5.41) is 22.8. The van der Waals surface area contributed by atoms with E-state index in [1.807, 2.05) is 64.1 Å². The van der Waals surface area contributed by atoms with Crippen molar-refractivity contribution in [3.05, 3.63) is 124 Å². The van der Waals surface area contributed by atoms with Gasteiger partial charge in [0.15, 0.2) is 5.78 Å². The number of aromatic amines is 1. The first-order valence-corrected chi connectivity index (χ1v) is 23.9. The highest BCUT2D eigenvalue weighted by Crippen LogP contribution is 2.35. The number of aliphatic hydroxyl groups is 1. The lowest BCUT2D eigenvalue weighted by Crippen LogP contribution is -2.47. The largest absolute Gasteiger partial charge is 0.391 e. The number of aryl methyl sites for hydroxylation is 1. The van der Waals surface area contributed by atoms with E-state index in [9.17, 15) is 24.3 Å². The number of ether oxygens (including phenoxy) is 2. The average Bonchev–Trinajstić information content (AvgIpc) is 4.05.